The molecule has 0 radical (unpaired) electrons. The highest BCUT2D eigenvalue weighted by atomic mass is 16.1. The Morgan fingerprint density at radius 2 is 2.50 bits per heavy atom. The molecule has 0 aromatic carbocycles. The molecule has 12 heavy (non-hydrogen) atoms. The van der Waals surface area contributed by atoms with Crippen molar-refractivity contribution in [3.63, 3.8) is 0 Å². The summed E-state index contributed by atoms with van der Waals surface area (Å²) in [4.78, 5) is 18.7. The Morgan fingerprint density at radius 1 is 1.67 bits per heavy atom. The first-order valence-corrected chi connectivity index (χ1v) is 3.49. The van der Waals surface area contributed by atoms with Crippen molar-refractivity contribution in [3.8, 4) is 0 Å². The number of hydrogen-bond acceptors (Lipinski definition) is 3. The first kappa shape index (κ1) is 8.39. The van der Waals surface area contributed by atoms with Gasteiger partial charge in [-0.2, -0.15) is 0 Å². The fourth-order valence-corrected chi connectivity index (χ4v) is 0.672. The van der Waals surface area contributed by atoms with Crippen molar-refractivity contribution in [1.82, 2.24) is 15.3 Å². The van der Waals surface area contributed by atoms with E-state index >= 15 is 0 Å². The van der Waals surface area contributed by atoms with Crippen LogP contribution in [0.4, 0.5) is 0 Å². The van der Waals surface area contributed by atoms with Gasteiger partial charge in [0.15, 0.2) is 0 Å². The van der Waals surface area contributed by atoms with Crippen LogP contribution in [-0.2, 0) is 0 Å². The molecule has 0 aliphatic carbocycles. The lowest BCUT2D eigenvalue weighted by atomic mass is 10.4. The highest BCUT2D eigenvalue weighted by Crippen LogP contribution is 1.88. The average molecular weight is 163 g/mol. The molecular weight excluding hydrogens is 154 g/mol. The molecule has 0 saturated heterocycles. The Balaban J connectivity index is 2.59. The number of rotatable bonds is 3. The van der Waals surface area contributed by atoms with Gasteiger partial charge in [-0.05, 0) is 0 Å². The molecule has 1 rings (SSSR count). The Bertz CT molecular complexity index is 271. The van der Waals surface area contributed by atoms with Crippen LogP contribution in [0.15, 0.2) is 31.2 Å². The summed E-state index contributed by atoms with van der Waals surface area (Å²) < 4.78 is 0. The zero-order valence-electron chi connectivity index (χ0n) is 6.53. The summed E-state index contributed by atoms with van der Waals surface area (Å²) in [5, 5.41) is 2.59. The lowest BCUT2D eigenvalue weighted by Crippen LogP contribution is -2.24. The molecule has 1 N–H and O–H groups in total. The minimum absolute atomic E-state index is 0.233. The van der Waals surface area contributed by atoms with Gasteiger partial charge in [-0.25, -0.2) is 4.98 Å². The van der Waals surface area contributed by atoms with Gasteiger partial charge < -0.3 is 5.32 Å². The molecule has 1 heterocycles. The van der Waals surface area contributed by atoms with E-state index < -0.39 is 0 Å². The minimum Gasteiger partial charge on any atom is -0.347 e. The Labute approximate surface area is 70.4 Å². The maximum absolute atomic E-state index is 11.1. The van der Waals surface area contributed by atoms with E-state index in [9.17, 15) is 4.79 Å². The van der Waals surface area contributed by atoms with E-state index in [-0.39, 0.29) is 5.91 Å². The van der Waals surface area contributed by atoms with Crippen molar-refractivity contribution in [3.05, 3.63) is 36.9 Å². The number of nitrogens with zero attached hydrogens (tertiary/aromatic N) is 2. The summed E-state index contributed by atoms with van der Waals surface area (Å²) in [6.45, 7) is 3.92. The average Bonchev–Trinajstić information content (AvgIpc) is 2.15. The quantitative estimate of drug-likeness (QED) is 0.656. The van der Waals surface area contributed by atoms with E-state index in [1.54, 1.807) is 6.08 Å². The molecule has 4 heteroatoms. The molecule has 0 bridgehead atoms. The van der Waals surface area contributed by atoms with E-state index in [0.717, 1.165) is 0 Å². The van der Waals surface area contributed by atoms with E-state index in [1.807, 2.05) is 0 Å². The largest absolute Gasteiger partial charge is 0.347 e. The first-order chi connectivity index (χ1) is 5.84. The van der Waals surface area contributed by atoms with E-state index in [4.69, 9.17) is 0 Å². The maximum Gasteiger partial charge on any atom is 0.271 e. The third-order valence-electron chi connectivity index (χ3n) is 1.20. The molecule has 0 unspecified atom stereocenters. The highest BCUT2D eigenvalue weighted by Gasteiger charge is 2.03. The smallest absolute Gasteiger partial charge is 0.271 e. The summed E-state index contributed by atoms with van der Waals surface area (Å²) in [6.07, 6.45) is 6.01. The minimum atomic E-state index is -0.233. The molecule has 0 aliphatic rings. The normalized spacial score (nSPS) is 9.00. The van der Waals surface area contributed by atoms with Crippen molar-refractivity contribution in [2.24, 2.45) is 0 Å². The van der Waals surface area contributed by atoms with E-state index in [0.29, 0.717) is 12.2 Å². The van der Waals surface area contributed by atoms with Gasteiger partial charge in [-0.15, -0.1) is 6.58 Å². The summed E-state index contributed by atoms with van der Waals surface area (Å²) >= 11 is 0. The van der Waals surface area contributed by atoms with E-state index in [1.165, 1.54) is 18.6 Å². The van der Waals surface area contributed by atoms with Crippen molar-refractivity contribution in [1.29, 1.82) is 0 Å². The van der Waals surface area contributed by atoms with Crippen LogP contribution < -0.4 is 5.32 Å². The number of nitrogens with one attached hydrogen (secondary N) is 1. The number of aromatic nitrogens is 2. The zero-order valence-corrected chi connectivity index (χ0v) is 6.53. The zero-order chi connectivity index (χ0) is 8.81. The second-order valence-electron chi connectivity index (χ2n) is 2.09. The molecule has 0 saturated carbocycles. The van der Waals surface area contributed by atoms with Crippen LogP contribution >= 0.6 is 0 Å². The molecular formula is C8H9N3O. The Kier molecular flexibility index (Phi) is 2.95. The standard InChI is InChI=1S/C8H9N3O/c1-2-3-11-8(12)7-6-9-4-5-10-7/h2,4-6H,1,3H2,(H,11,12). The third-order valence-corrected chi connectivity index (χ3v) is 1.20. The summed E-state index contributed by atoms with van der Waals surface area (Å²) in [7, 11) is 0. The van der Waals surface area contributed by atoms with Gasteiger partial charge in [-0.1, -0.05) is 6.08 Å². The van der Waals surface area contributed by atoms with Gasteiger partial charge in [0.2, 0.25) is 0 Å². The lowest BCUT2D eigenvalue weighted by Gasteiger charge is -1.98. The van der Waals surface area contributed by atoms with Crippen molar-refractivity contribution < 1.29 is 4.79 Å². The van der Waals surface area contributed by atoms with Crippen molar-refractivity contribution >= 4 is 5.91 Å². The van der Waals surface area contributed by atoms with E-state index in [2.05, 4.69) is 21.9 Å². The molecule has 0 atom stereocenters. The van der Waals surface area contributed by atoms with Crippen LogP contribution in [0.1, 0.15) is 10.5 Å². The third kappa shape index (κ3) is 2.16. The van der Waals surface area contributed by atoms with Gasteiger partial charge in [-0.3, -0.25) is 9.78 Å². The predicted octanol–water partition coefficient (Wildman–Crippen LogP) is 0.392. The maximum atomic E-state index is 11.1. The van der Waals surface area contributed by atoms with Gasteiger partial charge in [0.25, 0.3) is 5.91 Å². The monoisotopic (exact) mass is 163 g/mol. The Morgan fingerprint density at radius 3 is 3.08 bits per heavy atom. The van der Waals surface area contributed by atoms with Gasteiger partial charge in [0, 0.05) is 18.9 Å². The van der Waals surface area contributed by atoms with Crippen LogP contribution in [-0.4, -0.2) is 22.4 Å². The second-order valence-corrected chi connectivity index (χ2v) is 2.09. The first-order valence-electron chi connectivity index (χ1n) is 3.49. The number of amides is 1. The lowest BCUT2D eigenvalue weighted by molar-refractivity contribution is 0.0952. The van der Waals surface area contributed by atoms with Crippen LogP contribution in [0, 0.1) is 0 Å². The van der Waals surface area contributed by atoms with Gasteiger partial charge in [0.1, 0.15) is 5.69 Å². The molecule has 0 spiro atoms. The van der Waals surface area contributed by atoms with Crippen LogP contribution in [0.3, 0.4) is 0 Å². The van der Waals surface area contributed by atoms with Crippen molar-refractivity contribution in [2.75, 3.05) is 6.54 Å². The molecule has 4 nitrogen and oxygen atoms in total. The fourth-order valence-electron chi connectivity index (χ4n) is 0.672. The number of carbonyl (C=O) groups excluding carboxylic acids is 1. The number of hydrogen-bond donors (Lipinski definition) is 1. The SMILES string of the molecule is C=CCNC(=O)c1cnccn1. The van der Waals surface area contributed by atoms with Crippen molar-refractivity contribution in [2.45, 2.75) is 0 Å². The summed E-state index contributed by atoms with van der Waals surface area (Å²) in [5.74, 6) is -0.233. The molecule has 0 fully saturated rings. The van der Waals surface area contributed by atoms with Gasteiger partial charge >= 0.3 is 0 Å². The summed E-state index contributed by atoms with van der Waals surface area (Å²) in [6, 6.07) is 0. The topological polar surface area (TPSA) is 54.9 Å². The molecule has 1 amide bonds. The molecule has 62 valence electrons. The van der Waals surface area contributed by atoms with Crippen LogP contribution in [0.5, 0.6) is 0 Å². The van der Waals surface area contributed by atoms with Gasteiger partial charge in [0.05, 0.1) is 6.20 Å². The molecule has 1 aromatic heterocycles. The number of carbonyl (C=O) groups is 1. The highest BCUT2D eigenvalue weighted by molar-refractivity contribution is 5.91. The Hall–Kier alpha value is -1.71. The fraction of sp³-hybridized carbons (Fsp3) is 0.125. The van der Waals surface area contributed by atoms with Crippen LogP contribution in [0.25, 0.3) is 0 Å². The predicted molar refractivity (Wildman–Crippen MR) is 44.6 cm³/mol. The van der Waals surface area contributed by atoms with Crippen LogP contribution in [0.2, 0.25) is 0 Å². The molecule has 1 aromatic rings. The summed E-state index contributed by atoms with van der Waals surface area (Å²) in [5.41, 5.74) is 0.319. The molecule has 0 aliphatic heterocycles. The second kappa shape index (κ2) is 4.23.